The van der Waals surface area contributed by atoms with Crippen molar-refractivity contribution < 1.29 is 25.8 Å². The molecule has 4 aromatic carbocycles. The molecule has 0 heterocycles. The van der Waals surface area contributed by atoms with Crippen molar-refractivity contribution in [2.75, 3.05) is 0 Å². The second-order valence-corrected chi connectivity index (χ2v) is 10.4. The number of allylic oxidation sites excluding steroid dienone is 4. The van der Waals surface area contributed by atoms with Crippen LogP contribution in [0.15, 0.2) is 114 Å². The van der Waals surface area contributed by atoms with Crippen molar-refractivity contribution in [3.63, 3.8) is 0 Å². The van der Waals surface area contributed by atoms with Gasteiger partial charge in [-0.2, -0.15) is 17.7 Å². The van der Waals surface area contributed by atoms with E-state index in [2.05, 4.69) is 123 Å². The Bertz CT molecular complexity index is 1110. The zero-order chi connectivity index (χ0) is 22.2. The van der Waals surface area contributed by atoms with E-state index >= 15 is 0 Å². The van der Waals surface area contributed by atoms with E-state index in [1.807, 2.05) is 0 Å². The van der Waals surface area contributed by atoms with Gasteiger partial charge in [-0.25, -0.2) is 5.57 Å². The van der Waals surface area contributed by atoms with Crippen molar-refractivity contribution in [2.24, 2.45) is 0 Å². The van der Waals surface area contributed by atoms with Crippen LogP contribution in [0.3, 0.4) is 0 Å². The standard InChI is InChI=1S/C21H16P.C10H15.Hf/c1-3-11-19(12-4-1)22(20-13-5-2-6-14-20)21-15-17-9-7-8-10-18(17)16-21;1-3-4-7-10-8-5-6-9(10)2;/h1-16H;8H,3-5,7H2,1-2H3;/q2*-1;. The molecular weight excluding hydrogens is 582 g/mol. The predicted molar refractivity (Wildman–Crippen MR) is 143 cm³/mol. The van der Waals surface area contributed by atoms with Crippen molar-refractivity contribution in [2.45, 2.75) is 39.5 Å². The molecule has 0 amide bonds. The van der Waals surface area contributed by atoms with Crippen LogP contribution in [0.2, 0.25) is 0 Å². The van der Waals surface area contributed by atoms with Crippen molar-refractivity contribution in [3.05, 3.63) is 120 Å². The van der Waals surface area contributed by atoms with Gasteiger partial charge in [-0.3, -0.25) is 6.08 Å². The third-order valence-electron chi connectivity index (χ3n) is 5.89. The average Bonchev–Trinajstić information content (AvgIpc) is 3.45. The molecule has 166 valence electrons. The summed E-state index contributed by atoms with van der Waals surface area (Å²) in [7, 11) is -0.493. The van der Waals surface area contributed by atoms with E-state index < -0.39 is 7.92 Å². The number of hydrogen-bond donors (Lipinski definition) is 0. The maximum absolute atomic E-state index is 3.30. The molecule has 0 spiro atoms. The van der Waals surface area contributed by atoms with Gasteiger partial charge in [-0.05, 0) is 18.5 Å². The SMILES string of the molecule is CCCCC1=CC[C-]=C1C.[Hf].c1ccc(P(c2ccccc2)c2cc3ccccc3[cH-]2)cc1. The first-order valence-electron chi connectivity index (χ1n) is 11.6. The summed E-state index contributed by atoms with van der Waals surface area (Å²) in [5.41, 5.74) is 2.91. The van der Waals surface area contributed by atoms with Crippen molar-refractivity contribution in [1.82, 2.24) is 0 Å². The second-order valence-electron chi connectivity index (χ2n) is 8.19. The van der Waals surface area contributed by atoms with Gasteiger partial charge in [0.15, 0.2) is 0 Å². The predicted octanol–water partition coefficient (Wildman–Crippen LogP) is 7.57. The summed E-state index contributed by atoms with van der Waals surface area (Å²) in [6, 6.07) is 35.0. The summed E-state index contributed by atoms with van der Waals surface area (Å²) in [6.07, 6.45) is 10.5. The smallest absolute Gasteiger partial charge is 0 e. The first-order chi connectivity index (χ1) is 15.8. The Labute approximate surface area is 219 Å². The van der Waals surface area contributed by atoms with E-state index in [0.29, 0.717) is 0 Å². The van der Waals surface area contributed by atoms with Gasteiger partial charge in [0.2, 0.25) is 0 Å². The van der Waals surface area contributed by atoms with Gasteiger partial charge in [0, 0.05) is 25.8 Å². The normalized spacial score (nSPS) is 12.6. The molecule has 0 saturated heterocycles. The summed E-state index contributed by atoms with van der Waals surface area (Å²) < 4.78 is 0. The average molecular weight is 613 g/mol. The van der Waals surface area contributed by atoms with Crippen LogP contribution in [0, 0.1) is 6.08 Å². The van der Waals surface area contributed by atoms with Crippen LogP contribution in [0.1, 0.15) is 39.5 Å². The topological polar surface area (TPSA) is 0 Å². The minimum absolute atomic E-state index is 0. The van der Waals surface area contributed by atoms with Gasteiger partial charge in [0.1, 0.15) is 0 Å². The van der Waals surface area contributed by atoms with Gasteiger partial charge < -0.3 is 0 Å². The van der Waals surface area contributed by atoms with Crippen molar-refractivity contribution in [1.29, 1.82) is 0 Å². The molecule has 2 heteroatoms. The minimum Gasteiger partial charge on any atom is -0.269 e. The summed E-state index contributed by atoms with van der Waals surface area (Å²) in [4.78, 5) is 0. The monoisotopic (exact) mass is 614 g/mol. The summed E-state index contributed by atoms with van der Waals surface area (Å²) in [5, 5.41) is 6.89. The first-order valence-corrected chi connectivity index (χ1v) is 12.9. The molecule has 0 bridgehead atoms. The van der Waals surface area contributed by atoms with Gasteiger partial charge in [0.05, 0.1) is 0 Å². The zero-order valence-corrected chi connectivity index (χ0v) is 24.1. The van der Waals surface area contributed by atoms with Crippen molar-refractivity contribution in [3.8, 4) is 0 Å². The van der Waals surface area contributed by atoms with Gasteiger partial charge in [0.25, 0.3) is 0 Å². The van der Waals surface area contributed by atoms with Crippen LogP contribution in [0.25, 0.3) is 10.8 Å². The van der Waals surface area contributed by atoms with Crippen LogP contribution in [0.4, 0.5) is 0 Å². The van der Waals surface area contributed by atoms with Crippen LogP contribution in [-0.4, -0.2) is 0 Å². The Hall–Kier alpha value is -1.95. The molecule has 4 aromatic rings. The second kappa shape index (κ2) is 13.1. The molecule has 0 radical (unpaired) electrons. The Morgan fingerprint density at radius 1 is 0.848 bits per heavy atom. The third-order valence-corrected chi connectivity index (χ3v) is 8.29. The molecule has 0 fully saturated rings. The van der Waals surface area contributed by atoms with Gasteiger partial charge >= 0.3 is 0 Å². The van der Waals surface area contributed by atoms with E-state index in [1.54, 1.807) is 0 Å². The number of rotatable bonds is 6. The molecule has 0 saturated carbocycles. The van der Waals surface area contributed by atoms with Crippen LogP contribution in [-0.2, 0) is 25.8 Å². The number of benzene rings is 3. The summed E-state index contributed by atoms with van der Waals surface area (Å²) in [6.45, 7) is 4.40. The van der Waals surface area contributed by atoms with Gasteiger partial charge in [-0.1, -0.05) is 99.8 Å². The largest absolute Gasteiger partial charge is 0.269 e. The molecule has 1 aliphatic rings. The Kier molecular flexibility index (Phi) is 10.2. The Balaban J connectivity index is 0.000000237. The number of unbranched alkanes of at least 4 members (excludes halogenated alkanes) is 1. The third kappa shape index (κ3) is 6.78. The Morgan fingerprint density at radius 3 is 2.00 bits per heavy atom. The molecule has 0 unspecified atom stereocenters. The molecule has 5 rings (SSSR count). The zero-order valence-electron chi connectivity index (χ0n) is 19.6. The summed E-state index contributed by atoms with van der Waals surface area (Å²) >= 11 is 0. The number of hydrogen-bond acceptors (Lipinski definition) is 0. The summed E-state index contributed by atoms with van der Waals surface area (Å²) in [5.74, 6) is 0. The maximum Gasteiger partial charge on any atom is 0 e. The number of fused-ring (bicyclic) bond motifs is 1. The van der Waals surface area contributed by atoms with E-state index in [4.69, 9.17) is 0 Å². The fourth-order valence-electron chi connectivity index (χ4n) is 4.12. The molecular formula is C31H31HfP-2. The molecule has 0 aromatic heterocycles. The molecule has 0 nitrogen and oxygen atoms in total. The van der Waals surface area contributed by atoms with Crippen LogP contribution < -0.4 is 15.9 Å². The van der Waals surface area contributed by atoms with E-state index in [1.165, 1.54) is 57.1 Å². The molecule has 1 aliphatic carbocycles. The van der Waals surface area contributed by atoms with Crippen LogP contribution >= 0.6 is 7.92 Å². The maximum atomic E-state index is 3.30. The van der Waals surface area contributed by atoms with Gasteiger partial charge in [-0.15, -0.1) is 46.8 Å². The minimum atomic E-state index is -0.493. The first kappa shape index (κ1) is 25.7. The fraction of sp³-hybridized carbons (Fsp3) is 0.194. The fourth-order valence-corrected chi connectivity index (χ4v) is 6.49. The quantitative estimate of drug-likeness (QED) is 0.120. The van der Waals surface area contributed by atoms with E-state index in [0.717, 1.165) is 6.42 Å². The molecule has 0 N–H and O–H groups in total. The molecule has 0 atom stereocenters. The van der Waals surface area contributed by atoms with E-state index in [9.17, 15) is 0 Å². The molecule has 33 heavy (non-hydrogen) atoms. The Morgan fingerprint density at radius 2 is 1.45 bits per heavy atom. The van der Waals surface area contributed by atoms with Crippen molar-refractivity contribution >= 4 is 34.6 Å². The molecule has 0 aliphatic heterocycles. The van der Waals surface area contributed by atoms with E-state index in [-0.39, 0.29) is 25.8 Å². The van der Waals surface area contributed by atoms with Crippen LogP contribution in [0.5, 0.6) is 0 Å².